The average Bonchev–Trinajstić information content (AvgIpc) is 2.48. The van der Waals surface area contributed by atoms with Gasteiger partial charge in [-0.1, -0.05) is 6.92 Å². The molecule has 132 valence electrons. The largest absolute Gasteiger partial charge is 0.366 e. The quantitative estimate of drug-likeness (QED) is 0.889. The molecular formula is C15H23Cl2F2N3O. The Morgan fingerprint density at radius 1 is 1.13 bits per heavy atom. The Bertz CT molecular complexity index is 523. The number of carbonyl (C=O) groups is 1. The molecule has 1 heterocycles. The summed E-state index contributed by atoms with van der Waals surface area (Å²) in [5.41, 5.74) is 6.00. The first kappa shape index (κ1) is 21.9. The summed E-state index contributed by atoms with van der Waals surface area (Å²) in [7, 11) is 0. The molecule has 1 aliphatic rings. The molecule has 0 saturated carbocycles. The van der Waals surface area contributed by atoms with Crippen LogP contribution in [0.3, 0.4) is 0 Å². The zero-order valence-corrected chi connectivity index (χ0v) is 14.8. The van der Waals surface area contributed by atoms with E-state index in [0.29, 0.717) is 26.2 Å². The van der Waals surface area contributed by atoms with Gasteiger partial charge in [-0.15, -0.1) is 24.8 Å². The van der Waals surface area contributed by atoms with E-state index >= 15 is 0 Å². The van der Waals surface area contributed by atoms with E-state index in [0.717, 1.165) is 12.1 Å². The van der Waals surface area contributed by atoms with Crippen molar-refractivity contribution in [3.63, 3.8) is 0 Å². The van der Waals surface area contributed by atoms with Gasteiger partial charge in [0.2, 0.25) is 5.91 Å². The molecule has 0 radical (unpaired) electrons. The van der Waals surface area contributed by atoms with Gasteiger partial charge in [0.05, 0.1) is 11.6 Å². The van der Waals surface area contributed by atoms with Crippen LogP contribution in [0.15, 0.2) is 18.2 Å². The number of piperazine rings is 1. The molecule has 2 N–H and O–H groups in total. The van der Waals surface area contributed by atoms with Gasteiger partial charge in [-0.2, -0.15) is 0 Å². The van der Waals surface area contributed by atoms with Crippen LogP contribution in [0.2, 0.25) is 0 Å². The molecule has 1 aromatic carbocycles. The SMILES string of the molecule is CC(N)C(C)C(=O)N1CCN(c2cc(F)ccc2F)CC1.Cl.Cl. The number of nitrogens with zero attached hydrogens (tertiary/aromatic N) is 2. The third kappa shape index (κ3) is 5.19. The average molecular weight is 370 g/mol. The number of benzene rings is 1. The standard InChI is InChI=1S/C15H21F2N3O.2ClH/c1-10(11(2)18)15(21)20-7-5-19(6-8-20)14-9-12(16)3-4-13(14)17;;/h3-4,9-11H,5-8,18H2,1-2H3;2*1H. The summed E-state index contributed by atoms with van der Waals surface area (Å²) in [6.07, 6.45) is 0. The summed E-state index contributed by atoms with van der Waals surface area (Å²) >= 11 is 0. The molecule has 2 atom stereocenters. The molecule has 1 amide bonds. The minimum atomic E-state index is -0.463. The van der Waals surface area contributed by atoms with Crippen LogP contribution in [0, 0.1) is 17.6 Å². The summed E-state index contributed by atoms with van der Waals surface area (Å²) < 4.78 is 27.0. The highest BCUT2D eigenvalue weighted by atomic mass is 35.5. The number of nitrogens with two attached hydrogens (primary N) is 1. The number of hydrogen-bond acceptors (Lipinski definition) is 3. The van der Waals surface area contributed by atoms with Crippen LogP contribution in [0.4, 0.5) is 14.5 Å². The van der Waals surface area contributed by atoms with Crippen LogP contribution in [0.5, 0.6) is 0 Å². The van der Waals surface area contributed by atoms with Crippen molar-refractivity contribution in [2.24, 2.45) is 11.7 Å². The Labute approximate surface area is 147 Å². The molecule has 0 aromatic heterocycles. The van der Waals surface area contributed by atoms with Crippen molar-refractivity contribution in [1.82, 2.24) is 4.90 Å². The second-order valence-electron chi connectivity index (χ2n) is 5.56. The Hall–Kier alpha value is -1.11. The molecule has 2 rings (SSSR count). The first-order valence-electron chi connectivity index (χ1n) is 7.14. The zero-order chi connectivity index (χ0) is 15.6. The van der Waals surface area contributed by atoms with Crippen LogP contribution in [-0.2, 0) is 4.79 Å². The van der Waals surface area contributed by atoms with E-state index in [1.54, 1.807) is 16.7 Å². The van der Waals surface area contributed by atoms with Gasteiger partial charge in [0.15, 0.2) is 0 Å². The summed E-state index contributed by atoms with van der Waals surface area (Å²) in [6.45, 7) is 5.57. The van der Waals surface area contributed by atoms with Gasteiger partial charge >= 0.3 is 0 Å². The van der Waals surface area contributed by atoms with Crippen molar-refractivity contribution in [3.8, 4) is 0 Å². The van der Waals surface area contributed by atoms with Crippen molar-refractivity contribution < 1.29 is 13.6 Å². The van der Waals surface area contributed by atoms with Gasteiger partial charge in [0.1, 0.15) is 11.6 Å². The van der Waals surface area contributed by atoms with Gasteiger partial charge in [-0.25, -0.2) is 8.78 Å². The van der Waals surface area contributed by atoms with Crippen molar-refractivity contribution >= 4 is 36.4 Å². The lowest BCUT2D eigenvalue weighted by Gasteiger charge is -2.37. The fraction of sp³-hybridized carbons (Fsp3) is 0.533. The van der Waals surface area contributed by atoms with Gasteiger partial charge in [0, 0.05) is 38.3 Å². The molecular weight excluding hydrogens is 347 g/mol. The van der Waals surface area contributed by atoms with E-state index in [1.165, 1.54) is 6.07 Å². The van der Waals surface area contributed by atoms with Crippen LogP contribution >= 0.6 is 24.8 Å². The van der Waals surface area contributed by atoms with Gasteiger partial charge in [-0.05, 0) is 19.1 Å². The summed E-state index contributed by atoms with van der Waals surface area (Å²) in [4.78, 5) is 15.7. The second-order valence-corrected chi connectivity index (χ2v) is 5.56. The van der Waals surface area contributed by atoms with Crippen LogP contribution in [0.1, 0.15) is 13.8 Å². The summed E-state index contributed by atoms with van der Waals surface area (Å²) in [6, 6.07) is 3.22. The molecule has 2 unspecified atom stereocenters. The Morgan fingerprint density at radius 2 is 1.70 bits per heavy atom. The maximum absolute atomic E-state index is 13.7. The number of halogens is 4. The van der Waals surface area contributed by atoms with Crippen molar-refractivity contribution in [2.45, 2.75) is 19.9 Å². The van der Waals surface area contributed by atoms with Crippen molar-refractivity contribution in [1.29, 1.82) is 0 Å². The summed E-state index contributed by atoms with van der Waals surface area (Å²) in [5.74, 6) is -1.12. The van der Waals surface area contributed by atoms with Crippen LogP contribution in [-0.4, -0.2) is 43.0 Å². The first-order chi connectivity index (χ1) is 9.90. The van der Waals surface area contributed by atoms with Crippen molar-refractivity contribution in [3.05, 3.63) is 29.8 Å². The lowest BCUT2D eigenvalue weighted by atomic mass is 10.0. The Kier molecular flexibility index (Phi) is 8.80. The molecule has 1 aromatic rings. The monoisotopic (exact) mass is 369 g/mol. The number of anilines is 1. The van der Waals surface area contributed by atoms with E-state index in [9.17, 15) is 13.6 Å². The predicted molar refractivity (Wildman–Crippen MR) is 92.5 cm³/mol. The molecule has 23 heavy (non-hydrogen) atoms. The molecule has 8 heteroatoms. The highest BCUT2D eigenvalue weighted by Gasteiger charge is 2.27. The highest BCUT2D eigenvalue weighted by Crippen LogP contribution is 2.22. The number of rotatable bonds is 3. The molecule has 1 aliphatic heterocycles. The first-order valence-corrected chi connectivity index (χ1v) is 7.14. The van der Waals surface area contributed by atoms with Crippen LogP contribution in [0.25, 0.3) is 0 Å². The number of amides is 1. The predicted octanol–water partition coefficient (Wildman–Crippen LogP) is 2.44. The third-order valence-electron chi connectivity index (χ3n) is 4.02. The van der Waals surface area contributed by atoms with E-state index in [4.69, 9.17) is 5.73 Å². The summed E-state index contributed by atoms with van der Waals surface area (Å²) in [5, 5.41) is 0. The molecule has 1 saturated heterocycles. The molecule has 4 nitrogen and oxygen atoms in total. The normalized spacial score (nSPS) is 16.9. The Morgan fingerprint density at radius 3 is 2.22 bits per heavy atom. The van der Waals surface area contributed by atoms with Gasteiger partial charge in [-0.3, -0.25) is 4.79 Å². The lowest BCUT2D eigenvalue weighted by molar-refractivity contribution is -0.135. The maximum Gasteiger partial charge on any atom is 0.227 e. The van der Waals surface area contributed by atoms with E-state index < -0.39 is 11.6 Å². The topological polar surface area (TPSA) is 49.6 Å². The Balaban J connectivity index is 0.00000242. The molecule has 1 fully saturated rings. The third-order valence-corrected chi connectivity index (χ3v) is 4.02. The minimum absolute atomic E-state index is 0. The molecule has 0 spiro atoms. The van der Waals surface area contributed by atoms with Gasteiger partial charge < -0.3 is 15.5 Å². The van der Waals surface area contributed by atoms with Crippen LogP contribution < -0.4 is 10.6 Å². The fourth-order valence-corrected chi connectivity index (χ4v) is 2.41. The number of hydrogen-bond donors (Lipinski definition) is 1. The van der Waals surface area contributed by atoms with E-state index in [2.05, 4.69) is 0 Å². The van der Waals surface area contributed by atoms with E-state index in [1.807, 2.05) is 6.92 Å². The molecule has 0 bridgehead atoms. The second kappa shape index (κ2) is 9.25. The fourth-order valence-electron chi connectivity index (χ4n) is 2.41. The highest BCUT2D eigenvalue weighted by molar-refractivity contribution is 5.85. The minimum Gasteiger partial charge on any atom is -0.366 e. The number of carbonyl (C=O) groups excluding carboxylic acids is 1. The smallest absolute Gasteiger partial charge is 0.227 e. The van der Waals surface area contributed by atoms with E-state index in [-0.39, 0.29) is 48.4 Å². The maximum atomic E-state index is 13.7. The molecule has 0 aliphatic carbocycles. The lowest BCUT2D eigenvalue weighted by Crippen LogP contribution is -2.52. The van der Waals surface area contributed by atoms with Crippen molar-refractivity contribution in [2.75, 3.05) is 31.1 Å². The zero-order valence-electron chi connectivity index (χ0n) is 13.2. The van der Waals surface area contributed by atoms with Gasteiger partial charge in [0.25, 0.3) is 0 Å².